The Morgan fingerprint density at radius 2 is 2.36 bits per heavy atom. The Hall–Kier alpha value is -0.290. The topological polar surface area (TPSA) is 21.3 Å². The number of hydrogen-bond acceptors (Lipinski definition) is 2. The predicted octanol–water partition coefficient (Wildman–Crippen LogP) is 2.72. The van der Waals surface area contributed by atoms with Gasteiger partial charge in [0.25, 0.3) is 0 Å². The van der Waals surface area contributed by atoms with Crippen molar-refractivity contribution in [3.63, 3.8) is 0 Å². The van der Waals surface area contributed by atoms with E-state index in [1.807, 2.05) is 0 Å². The molecule has 0 amide bonds. The number of methoxy groups -OCH3 is 1. The molecule has 1 aliphatic rings. The van der Waals surface area contributed by atoms with Gasteiger partial charge in [0.1, 0.15) is 5.75 Å². The molecule has 0 aromatic heterocycles. The van der Waals surface area contributed by atoms with E-state index in [2.05, 4.69) is 46.1 Å². The minimum Gasteiger partial charge on any atom is -0.496 e. The first-order valence-corrected chi connectivity index (χ1v) is 5.96. The van der Waals surface area contributed by atoms with Gasteiger partial charge < -0.3 is 10.1 Å². The molecule has 1 unspecified atom stereocenters. The summed E-state index contributed by atoms with van der Waals surface area (Å²) in [5, 5.41) is 3.49. The highest BCUT2D eigenvalue weighted by Gasteiger charge is 2.16. The Kier molecular flexibility index (Phi) is 3.28. The second-order valence-corrected chi connectivity index (χ2v) is 4.71. The van der Waals surface area contributed by atoms with Crippen LogP contribution in [0.25, 0.3) is 0 Å². The van der Waals surface area contributed by atoms with Crippen molar-refractivity contribution in [2.24, 2.45) is 0 Å². The first-order chi connectivity index (χ1) is 6.81. The standard InChI is InChI=1S/C11H14INO/c1-14-11-5-4-8(7-9(11)12)10-3-2-6-13-10/h4-5,7,10,13H,2-3,6H2,1H3. The van der Waals surface area contributed by atoms with Crippen molar-refractivity contribution < 1.29 is 4.74 Å². The molecule has 0 saturated carbocycles. The van der Waals surface area contributed by atoms with Gasteiger partial charge in [0, 0.05) is 6.04 Å². The van der Waals surface area contributed by atoms with Gasteiger partial charge in [0.15, 0.2) is 0 Å². The summed E-state index contributed by atoms with van der Waals surface area (Å²) in [7, 11) is 1.71. The van der Waals surface area contributed by atoms with Gasteiger partial charge in [0.05, 0.1) is 10.7 Å². The van der Waals surface area contributed by atoms with E-state index in [4.69, 9.17) is 4.74 Å². The van der Waals surface area contributed by atoms with Crippen LogP contribution in [0.2, 0.25) is 0 Å². The van der Waals surface area contributed by atoms with Gasteiger partial charge in [-0.05, 0) is 59.7 Å². The predicted molar refractivity (Wildman–Crippen MR) is 65.7 cm³/mol. The van der Waals surface area contributed by atoms with E-state index >= 15 is 0 Å². The van der Waals surface area contributed by atoms with Gasteiger partial charge in [0.2, 0.25) is 0 Å². The van der Waals surface area contributed by atoms with Crippen molar-refractivity contribution in [1.29, 1.82) is 0 Å². The molecule has 1 aromatic rings. The van der Waals surface area contributed by atoms with Gasteiger partial charge in [-0.25, -0.2) is 0 Å². The van der Waals surface area contributed by atoms with Crippen LogP contribution in [0.3, 0.4) is 0 Å². The van der Waals surface area contributed by atoms with Crippen LogP contribution in [0.4, 0.5) is 0 Å². The van der Waals surface area contributed by atoms with E-state index in [9.17, 15) is 0 Å². The lowest BCUT2D eigenvalue weighted by Crippen LogP contribution is -2.12. The summed E-state index contributed by atoms with van der Waals surface area (Å²) < 4.78 is 6.43. The van der Waals surface area contributed by atoms with Crippen LogP contribution in [0.1, 0.15) is 24.4 Å². The lowest BCUT2D eigenvalue weighted by atomic mass is 10.1. The van der Waals surface area contributed by atoms with Gasteiger partial charge >= 0.3 is 0 Å². The minimum absolute atomic E-state index is 0.550. The van der Waals surface area contributed by atoms with E-state index in [1.165, 1.54) is 22.0 Å². The molecule has 2 rings (SSSR count). The first-order valence-electron chi connectivity index (χ1n) is 4.88. The molecule has 0 aliphatic carbocycles. The van der Waals surface area contributed by atoms with Crippen molar-refractivity contribution in [3.8, 4) is 5.75 Å². The molecule has 1 heterocycles. The summed E-state index contributed by atoms with van der Waals surface area (Å²) in [6.07, 6.45) is 2.54. The molecule has 1 aromatic carbocycles. The van der Waals surface area contributed by atoms with Crippen molar-refractivity contribution in [2.75, 3.05) is 13.7 Å². The molecule has 1 atom stereocenters. The maximum Gasteiger partial charge on any atom is 0.132 e. The average molecular weight is 303 g/mol. The lowest BCUT2D eigenvalue weighted by molar-refractivity contribution is 0.411. The first kappa shape index (κ1) is 10.2. The molecule has 14 heavy (non-hydrogen) atoms. The van der Waals surface area contributed by atoms with Gasteiger partial charge in [-0.1, -0.05) is 6.07 Å². The maximum atomic E-state index is 5.23. The molecule has 1 aliphatic heterocycles. The summed E-state index contributed by atoms with van der Waals surface area (Å²) in [5.74, 6) is 0.965. The largest absolute Gasteiger partial charge is 0.496 e. The molecule has 2 nitrogen and oxygen atoms in total. The minimum atomic E-state index is 0.550. The zero-order chi connectivity index (χ0) is 9.97. The highest BCUT2D eigenvalue weighted by Crippen LogP contribution is 2.28. The third kappa shape index (κ3) is 2.03. The van der Waals surface area contributed by atoms with E-state index in [-0.39, 0.29) is 0 Å². The summed E-state index contributed by atoms with van der Waals surface area (Å²) in [5.41, 5.74) is 1.38. The highest BCUT2D eigenvalue weighted by atomic mass is 127. The van der Waals surface area contributed by atoms with Gasteiger partial charge in [-0.15, -0.1) is 0 Å². The number of nitrogens with one attached hydrogen (secondary N) is 1. The SMILES string of the molecule is COc1ccc(C2CCCN2)cc1I. The van der Waals surface area contributed by atoms with E-state index in [0.717, 1.165) is 12.3 Å². The Balaban J connectivity index is 2.23. The number of halogens is 1. The lowest BCUT2D eigenvalue weighted by Gasteiger charge is -2.12. The second kappa shape index (κ2) is 4.49. The molecular weight excluding hydrogens is 289 g/mol. The van der Waals surface area contributed by atoms with Crippen molar-refractivity contribution in [2.45, 2.75) is 18.9 Å². The zero-order valence-corrected chi connectivity index (χ0v) is 10.4. The Morgan fingerprint density at radius 3 is 2.93 bits per heavy atom. The van der Waals surface area contributed by atoms with Crippen LogP contribution >= 0.6 is 22.6 Å². The van der Waals surface area contributed by atoms with Crippen LogP contribution in [0, 0.1) is 3.57 Å². The van der Waals surface area contributed by atoms with E-state index < -0.39 is 0 Å². The molecule has 0 spiro atoms. The molecule has 1 N–H and O–H groups in total. The summed E-state index contributed by atoms with van der Waals surface area (Å²) in [6, 6.07) is 6.97. The van der Waals surface area contributed by atoms with E-state index in [0.29, 0.717) is 6.04 Å². The molecule has 0 radical (unpaired) electrons. The third-order valence-electron chi connectivity index (χ3n) is 2.64. The fourth-order valence-corrected chi connectivity index (χ4v) is 2.63. The summed E-state index contributed by atoms with van der Waals surface area (Å²) in [4.78, 5) is 0. The zero-order valence-electron chi connectivity index (χ0n) is 8.22. The van der Waals surface area contributed by atoms with Crippen molar-refractivity contribution in [3.05, 3.63) is 27.3 Å². The van der Waals surface area contributed by atoms with Crippen LogP contribution in [0.5, 0.6) is 5.75 Å². The Labute approximate surface area is 98.2 Å². The van der Waals surface area contributed by atoms with Crippen LogP contribution < -0.4 is 10.1 Å². The molecule has 1 fully saturated rings. The van der Waals surface area contributed by atoms with Crippen molar-refractivity contribution >= 4 is 22.6 Å². The molecule has 0 bridgehead atoms. The van der Waals surface area contributed by atoms with Crippen LogP contribution in [0.15, 0.2) is 18.2 Å². The quantitative estimate of drug-likeness (QED) is 0.848. The number of hydrogen-bond donors (Lipinski definition) is 1. The highest BCUT2D eigenvalue weighted by molar-refractivity contribution is 14.1. The summed E-state index contributed by atoms with van der Waals surface area (Å²) >= 11 is 2.32. The van der Waals surface area contributed by atoms with E-state index in [1.54, 1.807) is 7.11 Å². The number of rotatable bonds is 2. The van der Waals surface area contributed by atoms with Crippen LogP contribution in [-0.2, 0) is 0 Å². The Bertz CT molecular complexity index is 321. The fraction of sp³-hybridized carbons (Fsp3) is 0.455. The number of ether oxygens (including phenoxy) is 1. The Morgan fingerprint density at radius 1 is 1.50 bits per heavy atom. The van der Waals surface area contributed by atoms with Crippen LogP contribution in [-0.4, -0.2) is 13.7 Å². The third-order valence-corrected chi connectivity index (χ3v) is 3.48. The number of benzene rings is 1. The molecular formula is C11H14INO. The summed E-state index contributed by atoms with van der Waals surface area (Å²) in [6.45, 7) is 1.15. The second-order valence-electron chi connectivity index (χ2n) is 3.54. The smallest absolute Gasteiger partial charge is 0.132 e. The molecule has 1 saturated heterocycles. The fourth-order valence-electron chi connectivity index (χ4n) is 1.87. The average Bonchev–Trinajstić information content (AvgIpc) is 2.70. The van der Waals surface area contributed by atoms with Gasteiger partial charge in [-0.3, -0.25) is 0 Å². The molecule has 76 valence electrons. The van der Waals surface area contributed by atoms with Gasteiger partial charge in [-0.2, -0.15) is 0 Å². The monoisotopic (exact) mass is 303 g/mol. The van der Waals surface area contributed by atoms with Crippen molar-refractivity contribution in [1.82, 2.24) is 5.32 Å². The molecule has 3 heteroatoms. The normalized spacial score (nSPS) is 21.1. The maximum absolute atomic E-state index is 5.23.